The van der Waals surface area contributed by atoms with E-state index < -0.39 is 0 Å². The number of hydrogen-bond acceptors (Lipinski definition) is 1. The second-order valence-corrected chi connectivity index (χ2v) is 4.41. The molecule has 2 rings (SSSR count). The van der Waals surface area contributed by atoms with Crippen molar-refractivity contribution in [3.8, 4) is 0 Å². The zero-order valence-corrected chi connectivity index (χ0v) is 8.43. The van der Waals surface area contributed by atoms with E-state index in [1.807, 2.05) is 6.92 Å². The van der Waals surface area contributed by atoms with Crippen LogP contribution < -0.4 is 0 Å². The predicted octanol–water partition coefficient (Wildman–Crippen LogP) is 3.12. The Balaban J connectivity index is 2.36. The molecule has 0 heterocycles. The van der Waals surface area contributed by atoms with Crippen LogP contribution in [0.25, 0.3) is 0 Å². The summed E-state index contributed by atoms with van der Waals surface area (Å²) in [5.74, 6) is -0.238. The topological polar surface area (TPSA) is 17.1 Å². The second kappa shape index (κ2) is 2.91. The average Bonchev–Trinajstić information content (AvgIpc) is 2.82. The largest absolute Gasteiger partial charge is 0.294 e. The molecule has 0 unspecified atom stereocenters. The van der Waals surface area contributed by atoms with Gasteiger partial charge in [0.2, 0.25) is 0 Å². The lowest BCUT2D eigenvalue weighted by molar-refractivity contribution is 0.0912. The summed E-state index contributed by atoms with van der Waals surface area (Å²) < 4.78 is 13.0. The lowest BCUT2D eigenvalue weighted by Crippen LogP contribution is -2.12. The summed E-state index contributed by atoms with van der Waals surface area (Å²) in [7, 11) is 0. The van der Waals surface area contributed by atoms with Gasteiger partial charge < -0.3 is 0 Å². The Morgan fingerprint density at radius 1 is 1.36 bits per heavy atom. The number of aryl methyl sites for hydroxylation is 1. The van der Waals surface area contributed by atoms with Gasteiger partial charge in [-0.1, -0.05) is 6.92 Å². The minimum Gasteiger partial charge on any atom is -0.294 e. The molecule has 2 heteroatoms. The fourth-order valence-corrected chi connectivity index (χ4v) is 1.63. The molecule has 0 aromatic heterocycles. The first kappa shape index (κ1) is 9.38. The smallest absolute Gasteiger partial charge is 0.168 e. The molecular formula is C12H13FO. The monoisotopic (exact) mass is 192 g/mol. The van der Waals surface area contributed by atoms with Crippen LogP contribution in [0, 0.1) is 18.2 Å². The van der Waals surface area contributed by atoms with Crippen LogP contribution >= 0.6 is 0 Å². The standard InChI is InChI=1S/C12H13FO/c1-8-5-9(7-10(13)6-8)11(14)12(2)3-4-12/h5-7H,3-4H2,1-2H3. The number of hydrogen-bond donors (Lipinski definition) is 0. The molecule has 0 saturated heterocycles. The van der Waals surface area contributed by atoms with E-state index >= 15 is 0 Å². The lowest BCUT2D eigenvalue weighted by Gasteiger charge is -2.07. The maximum atomic E-state index is 13.0. The van der Waals surface area contributed by atoms with Crippen molar-refractivity contribution in [2.75, 3.05) is 0 Å². The first-order valence-corrected chi connectivity index (χ1v) is 4.83. The fraction of sp³-hybridized carbons (Fsp3) is 0.417. The molecule has 0 amide bonds. The normalized spacial score (nSPS) is 17.9. The van der Waals surface area contributed by atoms with E-state index in [9.17, 15) is 9.18 Å². The second-order valence-electron chi connectivity index (χ2n) is 4.41. The molecule has 0 radical (unpaired) electrons. The first-order valence-electron chi connectivity index (χ1n) is 4.83. The highest BCUT2D eigenvalue weighted by Gasteiger charge is 2.44. The molecule has 1 nitrogen and oxygen atoms in total. The van der Waals surface area contributed by atoms with Crippen molar-refractivity contribution in [1.29, 1.82) is 0 Å². The van der Waals surface area contributed by atoms with E-state index in [4.69, 9.17) is 0 Å². The van der Waals surface area contributed by atoms with Gasteiger partial charge >= 0.3 is 0 Å². The van der Waals surface area contributed by atoms with Crippen molar-refractivity contribution in [1.82, 2.24) is 0 Å². The maximum absolute atomic E-state index is 13.0. The van der Waals surface area contributed by atoms with Crippen LogP contribution in [0.15, 0.2) is 18.2 Å². The van der Waals surface area contributed by atoms with Crippen LogP contribution in [-0.4, -0.2) is 5.78 Å². The summed E-state index contributed by atoms with van der Waals surface area (Å²) >= 11 is 0. The van der Waals surface area contributed by atoms with Crippen LogP contribution in [0.5, 0.6) is 0 Å². The fourth-order valence-electron chi connectivity index (χ4n) is 1.63. The molecule has 1 aliphatic rings. The summed E-state index contributed by atoms with van der Waals surface area (Å²) in [6.07, 6.45) is 1.86. The molecule has 0 aliphatic heterocycles. The molecular weight excluding hydrogens is 179 g/mol. The third-order valence-electron chi connectivity index (χ3n) is 2.85. The molecule has 0 spiro atoms. The Bertz CT molecular complexity index is 371. The van der Waals surface area contributed by atoms with E-state index in [1.54, 1.807) is 13.0 Å². The summed E-state index contributed by atoms with van der Waals surface area (Å²) in [6.45, 7) is 3.74. The zero-order chi connectivity index (χ0) is 10.3. The number of Topliss-reactive ketones (excluding diaryl/α,β-unsaturated/α-hetero) is 1. The minimum atomic E-state index is -0.322. The van der Waals surface area contributed by atoms with E-state index in [0.29, 0.717) is 5.56 Å². The van der Waals surface area contributed by atoms with Gasteiger partial charge in [0, 0.05) is 11.0 Å². The minimum absolute atomic E-state index is 0.0834. The molecule has 1 saturated carbocycles. The SMILES string of the molecule is Cc1cc(F)cc(C(=O)C2(C)CC2)c1. The van der Waals surface area contributed by atoms with E-state index in [1.165, 1.54) is 12.1 Å². The van der Waals surface area contributed by atoms with Gasteiger partial charge in [-0.3, -0.25) is 4.79 Å². The Morgan fingerprint density at radius 3 is 2.50 bits per heavy atom. The maximum Gasteiger partial charge on any atom is 0.168 e. The number of carbonyl (C=O) groups is 1. The van der Waals surface area contributed by atoms with Gasteiger partial charge in [-0.05, 0) is 43.5 Å². The molecule has 1 fully saturated rings. The van der Waals surface area contributed by atoms with Gasteiger partial charge in [-0.15, -0.1) is 0 Å². The van der Waals surface area contributed by atoms with Gasteiger partial charge in [0.1, 0.15) is 5.82 Å². The molecule has 0 N–H and O–H groups in total. The number of rotatable bonds is 2. The highest BCUT2D eigenvalue weighted by atomic mass is 19.1. The van der Waals surface area contributed by atoms with E-state index in [-0.39, 0.29) is 17.0 Å². The quantitative estimate of drug-likeness (QED) is 0.658. The summed E-state index contributed by atoms with van der Waals surface area (Å²) in [6, 6.07) is 4.53. The Hall–Kier alpha value is -1.18. The van der Waals surface area contributed by atoms with Gasteiger partial charge in [-0.2, -0.15) is 0 Å². The molecule has 14 heavy (non-hydrogen) atoms. The van der Waals surface area contributed by atoms with E-state index in [0.717, 1.165) is 18.4 Å². The van der Waals surface area contributed by atoms with E-state index in [2.05, 4.69) is 0 Å². The van der Waals surface area contributed by atoms with Crippen molar-refractivity contribution in [3.05, 3.63) is 35.1 Å². The molecule has 1 aromatic rings. The molecule has 0 atom stereocenters. The molecule has 1 aliphatic carbocycles. The van der Waals surface area contributed by atoms with Gasteiger partial charge in [-0.25, -0.2) is 4.39 Å². The zero-order valence-electron chi connectivity index (χ0n) is 8.43. The van der Waals surface area contributed by atoms with Crippen molar-refractivity contribution in [3.63, 3.8) is 0 Å². The van der Waals surface area contributed by atoms with Crippen LogP contribution in [0.4, 0.5) is 4.39 Å². The highest BCUT2D eigenvalue weighted by Crippen LogP contribution is 2.47. The Kier molecular flexibility index (Phi) is 1.95. The predicted molar refractivity (Wildman–Crippen MR) is 52.8 cm³/mol. The number of ketones is 1. The number of carbonyl (C=O) groups excluding carboxylic acids is 1. The summed E-state index contributed by atoms with van der Waals surface area (Å²) in [4.78, 5) is 11.9. The summed E-state index contributed by atoms with van der Waals surface area (Å²) in [5.41, 5.74) is 1.11. The first-order chi connectivity index (χ1) is 6.51. The van der Waals surface area contributed by atoms with Gasteiger partial charge in [0.15, 0.2) is 5.78 Å². The van der Waals surface area contributed by atoms with Crippen LogP contribution in [-0.2, 0) is 0 Å². The Morgan fingerprint density at radius 2 is 2.00 bits per heavy atom. The average molecular weight is 192 g/mol. The molecule has 74 valence electrons. The molecule has 1 aromatic carbocycles. The Labute approximate surface area is 82.9 Å². The van der Waals surface area contributed by atoms with Gasteiger partial charge in [0.05, 0.1) is 0 Å². The lowest BCUT2D eigenvalue weighted by atomic mass is 9.96. The van der Waals surface area contributed by atoms with Crippen molar-refractivity contribution >= 4 is 5.78 Å². The number of benzene rings is 1. The van der Waals surface area contributed by atoms with Crippen LogP contribution in [0.1, 0.15) is 35.7 Å². The third kappa shape index (κ3) is 1.57. The number of halogens is 1. The van der Waals surface area contributed by atoms with Crippen LogP contribution in [0.2, 0.25) is 0 Å². The summed E-state index contributed by atoms with van der Waals surface area (Å²) in [5, 5.41) is 0. The van der Waals surface area contributed by atoms with Crippen LogP contribution in [0.3, 0.4) is 0 Å². The molecule has 0 bridgehead atoms. The van der Waals surface area contributed by atoms with Gasteiger partial charge in [0.25, 0.3) is 0 Å². The van der Waals surface area contributed by atoms with Crippen molar-refractivity contribution in [2.45, 2.75) is 26.7 Å². The van der Waals surface area contributed by atoms with Crippen molar-refractivity contribution < 1.29 is 9.18 Å². The third-order valence-corrected chi connectivity index (χ3v) is 2.85. The van der Waals surface area contributed by atoms with Crippen molar-refractivity contribution in [2.24, 2.45) is 5.41 Å². The highest BCUT2D eigenvalue weighted by molar-refractivity contribution is 6.02.